The summed E-state index contributed by atoms with van der Waals surface area (Å²) in [4.78, 5) is 43.1. The number of phenolic OH excluding ortho intramolecular Hbond substituents is 1. The van der Waals surface area contributed by atoms with Crippen LogP contribution in [-0.4, -0.2) is 131 Å². The van der Waals surface area contributed by atoms with E-state index in [1.165, 1.54) is 11.6 Å². The van der Waals surface area contributed by atoms with E-state index in [4.69, 9.17) is 24.1 Å². The molecule has 2 unspecified atom stereocenters. The van der Waals surface area contributed by atoms with Gasteiger partial charge in [-0.15, -0.1) is 10.2 Å². The summed E-state index contributed by atoms with van der Waals surface area (Å²) in [5.74, 6) is 1.40. The predicted molar refractivity (Wildman–Crippen MR) is 296 cm³/mol. The SMILES string of the molecule is CC(C)[C@@H](C(=O)N1C[C@H](O)C[C@H]1C1=NO[C@@](C)(c2ccc(-c3ccccc3F)cc2)N1)c1cc(O[C@H]2CC[C@H](N3CCC(c4cnc(N5C6CCC5CN(c5c[nH]c7nnc(-c8ccccc8O)cc57)C6)nc4)CC3)CC2)no1. The highest BCUT2D eigenvalue weighted by Crippen LogP contribution is 2.41. The highest BCUT2D eigenvalue weighted by atomic mass is 19.1. The van der Waals surface area contributed by atoms with Crippen molar-refractivity contribution in [1.29, 1.82) is 0 Å². The van der Waals surface area contributed by atoms with Crippen molar-refractivity contribution in [3.8, 4) is 34.0 Å². The number of fused-ring (bicyclic) bond motifs is 3. The molecule has 9 heterocycles. The number of phenols is 1. The number of hydrogen-bond acceptors (Lipinski definition) is 16. The highest BCUT2D eigenvalue weighted by molar-refractivity contribution is 5.95. The van der Waals surface area contributed by atoms with E-state index in [2.05, 4.69) is 57.9 Å². The maximum absolute atomic E-state index is 14.5. The number of carbonyl (C=O) groups is 1. The van der Waals surface area contributed by atoms with Gasteiger partial charge in [-0.05, 0) is 117 Å². The van der Waals surface area contributed by atoms with Crippen molar-refractivity contribution in [3.05, 3.63) is 126 Å². The van der Waals surface area contributed by atoms with Gasteiger partial charge in [-0.1, -0.05) is 73.6 Å². The van der Waals surface area contributed by atoms with Crippen LogP contribution in [0.1, 0.15) is 107 Å². The number of hydrogen-bond donors (Lipinski definition) is 4. The number of β-amino-alcohol motifs (C(OH)–C–C–N with tert-alkyl or cyclic N) is 1. The molecule has 3 aromatic carbocycles. The van der Waals surface area contributed by atoms with Crippen LogP contribution in [0.5, 0.6) is 11.6 Å². The lowest BCUT2D eigenvalue weighted by atomic mass is 9.87. The number of anilines is 2. The number of rotatable bonds is 13. The monoisotopic (exact) mass is 1070 g/mol. The molecule has 6 atom stereocenters. The standard InChI is InChI=1S/C60H67FN12O6/c1-35(2)55(58(76)72-34-43(74)26-50(72)57-65-60(3,79-69-57)39-14-12-37(13-15-39)45-8-4-6-10-48(45)61)53-28-54(68-78-53)77-44-20-18-40(19-21-44)70-24-22-36(23-25-70)38-29-63-59(64-30-38)73-41-16-17-42(73)33-71(32-41)51-31-62-56-47(51)27-49(66-67-56)46-9-5-7-11-52(46)75/h4-15,27-31,35-36,40-44,50,55,74-75H,16-26,32-34H2,1-3H3,(H,62,67)(H,65,69)/t40-,41?,42?,43-,44-,50+,55-,60+/m1/s1. The molecule has 1 amide bonds. The third kappa shape index (κ3) is 9.78. The molecule has 7 aromatic rings. The number of amidine groups is 1. The third-order valence-corrected chi connectivity index (χ3v) is 17.7. The number of likely N-dealkylation sites (tertiary alicyclic amines) is 2. The van der Waals surface area contributed by atoms with E-state index in [0.29, 0.717) is 64.8 Å². The molecule has 0 radical (unpaired) electrons. The van der Waals surface area contributed by atoms with Crippen LogP contribution in [0.3, 0.4) is 0 Å². The second-order valence-electron chi connectivity index (χ2n) is 23.0. The van der Waals surface area contributed by atoms with Gasteiger partial charge in [-0.3, -0.25) is 4.79 Å². The van der Waals surface area contributed by atoms with Crippen LogP contribution >= 0.6 is 0 Å². The normalized spacial score (nSPS) is 25.9. The summed E-state index contributed by atoms with van der Waals surface area (Å²) in [5.41, 5.74) is 5.35. The number of ether oxygens (including phenoxy) is 1. The van der Waals surface area contributed by atoms with Gasteiger partial charge in [-0.2, -0.15) is 0 Å². The maximum atomic E-state index is 14.5. The number of amides is 1. The van der Waals surface area contributed by atoms with Crippen LogP contribution < -0.4 is 19.9 Å². The number of aliphatic hydroxyl groups is 1. The fourth-order valence-corrected chi connectivity index (χ4v) is 13.5. The number of aromatic amines is 1. The number of aromatic nitrogens is 6. The van der Waals surface area contributed by atoms with Gasteiger partial charge in [-0.25, -0.2) is 14.4 Å². The van der Waals surface area contributed by atoms with Crippen molar-refractivity contribution in [3.63, 3.8) is 0 Å². The number of piperazine rings is 1. The molecule has 5 fully saturated rings. The molecule has 4 aromatic heterocycles. The lowest BCUT2D eigenvalue weighted by Gasteiger charge is -2.42. The Morgan fingerprint density at radius 3 is 2.28 bits per heavy atom. The van der Waals surface area contributed by atoms with Gasteiger partial charge in [0, 0.05) is 97.8 Å². The summed E-state index contributed by atoms with van der Waals surface area (Å²) < 4.78 is 26.8. The molecule has 4 N–H and O–H groups in total. The minimum Gasteiger partial charge on any atom is -0.507 e. The largest absolute Gasteiger partial charge is 0.507 e. The van der Waals surface area contributed by atoms with Crippen LogP contribution in [-0.2, 0) is 15.4 Å². The number of nitrogens with one attached hydrogen (secondary N) is 2. The number of H-pyrrole nitrogens is 1. The first-order chi connectivity index (χ1) is 38.4. The Kier molecular flexibility index (Phi) is 13.4. The number of para-hydroxylation sites is 1. The maximum Gasteiger partial charge on any atom is 0.254 e. The van der Waals surface area contributed by atoms with Crippen LogP contribution in [0.4, 0.5) is 16.0 Å². The van der Waals surface area contributed by atoms with Gasteiger partial charge in [0.15, 0.2) is 17.2 Å². The molecule has 5 aliphatic heterocycles. The molecule has 18 nitrogen and oxygen atoms in total. The van der Waals surface area contributed by atoms with Crippen molar-refractivity contribution < 1.29 is 33.5 Å². The number of carbonyl (C=O) groups excluding carboxylic acids is 1. The quantitative estimate of drug-likeness (QED) is 0.0851. The summed E-state index contributed by atoms with van der Waals surface area (Å²) in [6.07, 6.45) is 13.9. The Bertz CT molecular complexity index is 3340. The van der Waals surface area contributed by atoms with Crippen molar-refractivity contribution in [2.24, 2.45) is 11.1 Å². The van der Waals surface area contributed by atoms with Crippen LogP contribution in [0, 0.1) is 11.7 Å². The van der Waals surface area contributed by atoms with E-state index in [1.54, 1.807) is 41.3 Å². The lowest BCUT2D eigenvalue weighted by Crippen LogP contribution is -2.54. The molecule has 19 heteroatoms. The van der Waals surface area contributed by atoms with E-state index in [0.717, 1.165) is 111 Å². The van der Waals surface area contributed by atoms with Crippen LogP contribution in [0.2, 0.25) is 0 Å². The molecule has 4 saturated heterocycles. The minimum atomic E-state index is -1.04. The van der Waals surface area contributed by atoms with Crippen LogP contribution in [0.15, 0.2) is 113 Å². The fourth-order valence-electron chi connectivity index (χ4n) is 13.5. The molecule has 410 valence electrons. The number of halogens is 1. The zero-order valence-electron chi connectivity index (χ0n) is 44.8. The molecule has 79 heavy (non-hydrogen) atoms. The number of benzene rings is 3. The molecule has 6 aliphatic rings. The first kappa shape index (κ1) is 50.8. The van der Waals surface area contributed by atoms with Crippen molar-refractivity contribution in [2.45, 2.75) is 132 Å². The molecule has 13 rings (SSSR count). The Morgan fingerprint density at radius 2 is 1.56 bits per heavy atom. The van der Waals surface area contributed by atoms with E-state index in [9.17, 15) is 19.4 Å². The summed E-state index contributed by atoms with van der Waals surface area (Å²) in [7, 11) is 0. The van der Waals surface area contributed by atoms with Gasteiger partial charge in [0.25, 0.3) is 5.88 Å². The predicted octanol–water partition coefficient (Wildman–Crippen LogP) is 8.85. The van der Waals surface area contributed by atoms with E-state index in [1.807, 2.05) is 69.4 Å². The zero-order chi connectivity index (χ0) is 53.9. The Hall–Kier alpha value is -7.64. The van der Waals surface area contributed by atoms with E-state index >= 15 is 0 Å². The number of nitrogens with zero attached hydrogens (tertiary/aromatic N) is 10. The first-order valence-electron chi connectivity index (χ1n) is 28.2. The van der Waals surface area contributed by atoms with Crippen LogP contribution in [0.25, 0.3) is 33.4 Å². The molecular weight excluding hydrogens is 1000 g/mol. The van der Waals surface area contributed by atoms with Gasteiger partial charge in [0.2, 0.25) is 17.6 Å². The summed E-state index contributed by atoms with van der Waals surface area (Å²) in [6.45, 7) is 9.74. The Labute approximate surface area is 458 Å². The third-order valence-electron chi connectivity index (χ3n) is 17.7. The second-order valence-corrected chi connectivity index (χ2v) is 23.0. The molecule has 1 aliphatic carbocycles. The topological polar surface area (TPSA) is 207 Å². The van der Waals surface area contributed by atoms with Gasteiger partial charge in [0.05, 0.1) is 23.5 Å². The summed E-state index contributed by atoms with van der Waals surface area (Å²) in [6, 6.07) is 25.7. The van der Waals surface area contributed by atoms with Crippen molar-refractivity contribution in [2.75, 3.05) is 42.5 Å². The Morgan fingerprint density at radius 1 is 0.848 bits per heavy atom. The molecule has 0 spiro atoms. The minimum absolute atomic E-state index is 0.00359. The van der Waals surface area contributed by atoms with Gasteiger partial charge >= 0.3 is 0 Å². The van der Waals surface area contributed by atoms with E-state index in [-0.39, 0.29) is 36.0 Å². The van der Waals surface area contributed by atoms with Gasteiger partial charge in [0.1, 0.15) is 23.6 Å². The number of piperidine rings is 1. The highest BCUT2D eigenvalue weighted by Gasteiger charge is 2.47. The summed E-state index contributed by atoms with van der Waals surface area (Å²) >= 11 is 0. The van der Waals surface area contributed by atoms with Crippen molar-refractivity contribution >= 4 is 34.4 Å². The average molecular weight is 1070 g/mol. The zero-order valence-corrected chi connectivity index (χ0v) is 44.8. The number of aliphatic hydroxyl groups excluding tert-OH is 1. The smallest absolute Gasteiger partial charge is 0.254 e. The molecule has 1 saturated carbocycles. The lowest BCUT2D eigenvalue weighted by molar-refractivity contribution is -0.134. The Balaban J connectivity index is 0.578. The number of aromatic hydroxyl groups is 1. The van der Waals surface area contributed by atoms with Crippen molar-refractivity contribution in [1.82, 2.24) is 45.4 Å². The first-order valence-corrected chi connectivity index (χ1v) is 28.2. The second kappa shape index (κ2) is 20.9. The van der Waals surface area contributed by atoms with Gasteiger partial charge < -0.3 is 54.2 Å². The summed E-state index contributed by atoms with van der Waals surface area (Å²) in [5, 5.41) is 43.4. The molecule has 2 bridgehead atoms. The number of oxime groups is 1. The average Bonchev–Trinajstić information content (AvgIpc) is 4.48. The van der Waals surface area contributed by atoms with E-state index < -0.39 is 23.8 Å². The molecular formula is C60H67FN12O6. The fraction of sp³-hybridized carbons (Fsp3) is 0.450.